The van der Waals surface area contributed by atoms with Crippen molar-refractivity contribution in [3.8, 4) is 0 Å². The van der Waals surface area contributed by atoms with Crippen molar-refractivity contribution < 1.29 is 13.2 Å². The second kappa shape index (κ2) is 8.45. The molecule has 0 bridgehead atoms. The zero-order valence-electron chi connectivity index (χ0n) is 14.1. The molecular formula is C17H25BrN2O3S. The van der Waals surface area contributed by atoms with Crippen molar-refractivity contribution in [2.24, 2.45) is 11.8 Å². The summed E-state index contributed by atoms with van der Waals surface area (Å²) < 4.78 is 27.6. The molecule has 1 aromatic rings. The quantitative estimate of drug-likeness (QED) is 0.747. The van der Waals surface area contributed by atoms with Gasteiger partial charge >= 0.3 is 0 Å². The number of carbonyl (C=O) groups is 1. The van der Waals surface area contributed by atoms with Crippen LogP contribution in [0, 0.1) is 11.8 Å². The van der Waals surface area contributed by atoms with Crippen molar-refractivity contribution in [2.75, 3.05) is 6.54 Å². The van der Waals surface area contributed by atoms with Crippen LogP contribution in [0.15, 0.2) is 33.6 Å². The fourth-order valence-corrected chi connectivity index (χ4v) is 4.36. The van der Waals surface area contributed by atoms with Crippen molar-refractivity contribution in [2.45, 2.75) is 50.5 Å². The lowest BCUT2D eigenvalue weighted by atomic mass is 9.78. The molecule has 2 rings (SSSR count). The van der Waals surface area contributed by atoms with E-state index < -0.39 is 10.0 Å². The van der Waals surface area contributed by atoms with E-state index in [9.17, 15) is 13.2 Å². The average molecular weight is 417 g/mol. The highest BCUT2D eigenvalue weighted by Gasteiger charge is 2.28. The molecule has 5 nitrogen and oxygen atoms in total. The fraction of sp³-hybridized carbons (Fsp3) is 0.588. The topological polar surface area (TPSA) is 75.3 Å². The second-order valence-electron chi connectivity index (χ2n) is 6.54. The predicted octanol–water partition coefficient (Wildman–Crippen LogP) is 3.06. The van der Waals surface area contributed by atoms with Crippen LogP contribution in [0.1, 0.15) is 39.5 Å². The molecule has 0 heterocycles. The van der Waals surface area contributed by atoms with Gasteiger partial charge in [0, 0.05) is 23.5 Å². The van der Waals surface area contributed by atoms with E-state index in [2.05, 4.69) is 39.8 Å². The zero-order valence-corrected chi connectivity index (χ0v) is 16.5. The van der Waals surface area contributed by atoms with E-state index in [0.717, 1.165) is 17.3 Å². The molecule has 7 heteroatoms. The number of rotatable bonds is 6. The third-order valence-corrected chi connectivity index (χ3v) is 6.83. The van der Waals surface area contributed by atoms with Gasteiger partial charge in [-0.05, 0) is 42.5 Å². The highest BCUT2D eigenvalue weighted by Crippen LogP contribution is 2.29. The number of hydrogen-bond donors (Lipinski definition) is 2. The first-order chi connectivity index (χ1) is 11.3. The first-order valence-corrected chi connectivity index (χ1v) is 10.6. The van der Waals surface area contributed by atoms with E-state index in [0.29, 0.717) is 11.8 Å². The van der Waals surface area contributed by atoms with Crippen LogP contribution in [-0.4, -0.2) is 26.9 Å². The summed E-state index contributed by atoms with van der Waals surface area (Å²) in [5.41, 5.74) is 0. The average Bonchev–Trinajstić information content (AvgIpc) is 2.52. The van der Waals surface area contributed by atoms with Gasteiger partial charge in [0.15, 0.2) is 0 Å². The number of benzene rings is 1. The second-order valence-corrected chi connectivity index (χ2v) is 9.23. The lowest BCUT2D eigenvalue weighted by molar-refractivity contribution is -0.122. The first-order valence-electron chi connectivity index (χ1n) is 8.34. The molecule has 1 aliphatic carbocycles. The molecule has 0 aromatic heterocycles. The molecule has 1 saturated carbocycles. The lowest BCUT2D eigenvalue weighted by Crippen LogP contribution is -2.44. The number of amides is 1. The normalized spacial score (nSPS) is 24.5. The number of nitrogens with one attached hydrogen (secondary N) is 2. The van der Waals surface area contributed by atoms with E-state index in [1.54, 1.807) is 12.1 Å². The Kier molecular flexibility index (Phi) is 6.83. The van der Waals surface area contributed by atoms with Crippen LogP contribution in [-0.2, 0) is 14.8 Å². The molecule has 134 valence electrons. The Hall–Kier alpha value is -0.920. The van der Waals surface area contributed by atoms with Gasteiger partial charge in [-0.2, -0.15) is 0 Å². The van der Waals surface area contributed by atoms with Gasteiger partial charge in [-0.15, -0.1) is 0 Å². The van der Waals surface area contributed by atoms with Gasteiger partial charge in [0.05, 0.1) is 4.90 Å². The van der Waals surface area contributed by atoms with Crippen molar-refractivity contribution in [1.82, 2.24) is 10.0 Å². The summed E-state index contributed by atoms with van der Waals surface area (Å²) in [7, 11) is -3.58. The standard InChI is InChI=1S/C17H25BrN2O3S/c1-12-4-3-5-16(13(12)2)20-17(21)10-11-19-24(22,23)15-8-6-14(18)7-9-15/h6-9,12-13,16,19H,3-5,10-11H2,1-2H3,(H,20,21)/t12-,13-,16+/m1/s1. The minimum Gasteiger partial charge on any atom is -0.353 e. The Morgan fingerprint density at radius 1 is 1.21 bits per heavy atom. The third kappa shape index (κ3) is 5.29. The zero-order chi connectivity index (χ0) is 17.7. The Morgan fingerprint density at radius 2 is 1.88 bits per heavy atom. The summed E-state index contributed by atoms with van der Waals surface area (Å²) in [6.07, 6.45) is 3.49. The maximum atomic E-state index is 12.2. The molecule has 0 radical (unpaired) electrons. The third-order valence-electron chi connectivity index (χ3n) is 4.82. The first kappa shape index (κ1) is 19.4. The molecule has 1 amide bonds. The van der Waals surface area contributed by atoms with Gasteiger partial charge in [0.25, 0.3) is 0 Å². The molecule has 1 aliphatic rings. The molecule has 24 heavy (non-hydrogen) atoms. The summed E-state index contributed by atoms with van der Waals surface area (Å²) in [6.45, 7) is 4.49. The van der Waals surface area contributed by atoms with Gasteiger partial charge in [-0.3, -0.25) is 4.79 Å². The SMILES string of the molecule is C[C@@H]1[C@H](C)CCC[C@@H]1NC(=O)CCNS(=O)(=O)c1ccc(Br)cc1. The van der Waals surface area contributed by atoms with Gasteiger partial charge in [0.2, 0.25) is 15.9 Å². The Morgan fingerprint density at radius 3 is 2.54 bits per heavy atom. The number of halogens is 1. The van der Waals surface area contributed by atoms with Crippen LogP contribution < -0.4 is 10.0 Å². The molecule has 0 aliphatic heterocycles. The Labute approximate surface area is 152 Å². The van der Waals surface area contributed by atoms with Crippen LogP contribution in [0.2, 0.25) is 0 Å². The minimum absolute atomic E-state index is 0.0977. The van der Waals surface area contributed by atoms with Gasteiger partial charge in [0.1, 0.15) is 0 Å². The highest BCUT2D eigenvalue weighted by atomic mass is 79.9. The van der Waals surface area contributed by atoms with Crippen molar-refractivity contribution in [3.63, 3.8) is 0 Å². The van der Waals surface area contributed by atoms with Crippen molar-refractivity contribution >= 4 is 31.9 Å². The fourth-order valence-electron chi connectivity index (χ4n) is 3.06. The summed E-state index contributed by atoms with van der Waals surface area (Å²) in [5.74, 6) is 0.974. The van der Waals surface area contributed by atoms with E-state index in [4.69, 9.17) is 0 Å². The maximum absolute atomic E-state index is 12.2. The Balaban J connectivity index is 1.80. The maximum Gasteiger partial charge on any atom is 0.240 e. The molecule has 3 atom stereocenters. The molecule has 1 aromatic carbocycles. The van der Waals surface area contributed by atoms with Gasteiger partial charge < -0.3 is 5.32 Å². The molecule has 0 unspecified atom stereocenters. The molecule has 2 N–H and O–H groups in total. The van der Waals surface area contributed by atoms with Gasteiger partial charge in [-0.1, -0.05) is 42.6 Å². The lowest BCUT2D eigenvalue weighted by Gasteiger charge is -2.34. The van der Waals surface area contributed by atoms with E-state index >= 15 is 0 Å². The summed E-state index contributed by atoms with van der Waals surface area (Å²) in [5, 5.41) is 3.05. The van der Waals surface area contributed by atoms with Crippen molar-refractivity contribution in [3.05, 3.63) is 28.7 Å². The summed E-state index contributed by atoms with van der Waals surface area (Å²) in [4.78, 5) is 12.3. The van der Waals surface area contributed by atoms with Crippen LogP contribution >= 0.6 is 15.9 Å². The highest BCUT2D eigenvalue weighted by molar-refractivity contribution is 9.10. The van der Waals surface area contributed by atoms with Crippen LogP contribution in [0.25, 0.3) is 0 Å². The number of sulfonamides is 1. The largest absolute Gasteiger partial charge is 0.353 e. The molecular weight excluding hydrogens is 392 g/mol. The number of hydrogen-bond acceptors (Lipinski definition) is 3. The molecule has 0 saturated heterocycles. The Bertz CT molecular complexity index is 661. The smallest absolute Gasteiger partial charge is 0.240 e. The minimum atomic E-state index is -3.58. The van der Waals surface area contributed by atoms with Gasteiger partial charge in [-0.25, -0.2) is 13.1 Å². The monoisotopic (exact) mass is 416 g/mol. The predicted molar refractivity (Wildman–Crippen MR) is 98.1 cm³/mol. The van der Waals surface area contributed by atoms with Crippen LogP contribution in [0.5, 0.6) is 0 Å². The van der Waals surface area contributed by atoms with E-state index in [1.165, 1.54) is 18.6 Å². The number of carbonyl (C=O) groups excluding carboxylic acids is 1. The molecule has 0 spiro atoms. The van der Waals surface area contributed by atoms with Crippen LogP contribution in [0.3, 0.4) is 0 Å². The molecule has 1 fully saturated rings. The van der Waals surface area contributed by atoms with Crippen LogP contribution in [0.4, 0.5) is 0 Å². The van der Waals surface area contributed by atoms with E-state index in [-0.39, 0.29) is 29.8 Å². The van der Waals surface area contributed by atoms with E-state index in [1.807, 2.05) is 0 Å². The summed E-state index contributed by atoms with van der Waals surface area (Å²) in [6, 6.07) is 6.60. The van der Waals surface area contributed by atoms with Crippen molar-refractivity contribution in [1.29, 1.82) is 0 Å². The summed E-state index contributed by atoms with van der Waals surface area (Å²) >= 11 is 3.27.